The van der Waals surface area contributed by atoms with Crippen LogP contribution in [0.25, 0.3) is 16.5 Å². The summed E-state index contributed by atoms with van der Waals surface area (Å²) in [6.07, 6.45) is 4.33. The van der Waals surface area contributed by atoms with Gasteiger partial charge in [0.05, 0.1) is 5.57 Å². The third-order valence-corrected chi connectivity index (χ3v) is 3.93. The van der Waals surface area contributed by atoms with Crippen LogP contribution in [0.4, 0.5) is 0 Å². The maximum Gasteiger partial charge on any atom is 0.258 e. The molecule has 1 N–H and O–H groups in total. The first kappa shape index (κ1) is 13.1. The van der Waals surface area contributed by atoms with Crippen LogP contribution < -0.4 is 5.32 Å². The summed E-state index contributed by atoms with van der Waals surface area (Å²) >= 11 is 3.43. The Balaban J connectivity index is 2.14. The van der Waals surface area contributed by atoms with Crippen molar-refractivity contribution in [1.82, 2.24) is 9.88 Å². The molecule has 4 nitrogen and oxygen atoms in total. The molecule has 102 valence electrons. The van der Waals surface area contributed by atoms with Crippen LogP contribution in [0.15, 0.2) is 36.5 Å². The van der Waals surface area contributed by atoms with E-state index in [1.54, 1.807) is 0 Å². The van der Waals surface area contributed by atoms with Gasteiger partial charge in [0, 0.05) is 40.6 Å². The minimum absolute atomic E-state index is 0.321. The summed E-state index contributed by atoms with van der Waals surface area (Å²) in [7, 11) is 0. The number of fused-ring (bicyclic) bond motifs is 1. The molecule has 1 aliphatic heterocycles. The highest BCUT2D eigenvalue weighted by Gasteiger charge is 2.24. The molecule has 1 aromatic heterocycles. The molecule has 0 radical (unpaired) electrons. The van der Waals surface area contributed by atoms with E-state index >= 15 is 0 Å². The summed E-state index contributed by atoms with van der Waals surface area (Å²) < 4.78 is 2.13. The molecule has 1 aromatic carbocycles. The van der Waals surface area contributed by atoms with Crippen LogP contribution in [-0.4, -0.2) is 21.7 Å². The normalized spacial score (nSPS) is 14.8. The van der Waals surface area contributed by atoms with Gasteiger partial charge in [0.15, 0.2) is 0 Å². The predicted molar refractivity (Wildman–Crippen MR) is 81.5 cm³/mol. The molecule has 0 spiro atoms. The lowest BCUT2D eigenvalue weighted by Crippen LogP contribution is -2.21. The van der Waals surface area contributed by atoms with E-state index in [4.69, 9.17) is 0 Å². The standard InChI is InChI=1S/C15H13BrN2O2/c16-6-3-7-18-9-12(10-4-1-2-5-13(10)18)11-8-14(19)17-15(11)20/h1-2,4-5,8-9H,3,6-7H2,(H,17,19,20). The first-order chi connectivity index (χ1) is 9.70. The van der Waals surface area contributed by atoms with Crippen molar-refractivity contribution >= 4 is 44.2 Å². The number of carbonyl (C=O) groups is 2. The van der Waals surface area contributed by atoms with E-state index in [1.807, 2.05) is 30.5 Å². The van der Waals surface area contributed by atoms with Crippen molar-refractivity contribution in [2.45, 2.75) is 13.0 Å². The van der Waals surface area contributed by atoms with Gasteiger partial charge in [-0.2, -0.15) is 0 Å². The summed E-state index contributed by atoms with van der Waals surface area (Å²) in [6.45, 7) is 0.870. The number of carbonyl (C=O) groups excluding carboxylic acids is 2. The highest BCUT2D eigenvalue weighted by molar-refractivity contribution is 9.09. The van der Waals surface area contributed by atoms with E-state index in [0.29, 0.717) is 5.57 Å². The number of rotatable bonds is 4. The zero-order valence-electron chi connectivity index (χ0n) is 10.7. The van der Waals surface area contributed by atoms with Gasteiger partial charge < -0.3 is 4.57 Å². The molecule has 2 heterocycles. The lowest BCUT2D eigenvalue weighted by atomic mass is 10.1. The van der Waals surface area contributed by atoms with Crippen LogP contribution in [0, 0.1) is 0 Å². The van der Waals surface area contributed by atoms with Gasteiger partial charge in [-0.1, -0.05) is 34.1 Å². The fourth-order valence-electron chi connectivity index (χ4n) is 2.49. The van der Waals surface area contributed by atoms with Crippen LogP contribution in [0.1, 0.15) is 12.0 Å². The minimum atomic E-state index is -0.345. The SMILES string of the molecule is O=C1C=C(c2cn(CCCBr)c3ccccc23)C(=O)N1. The number of benzene rings is 1. The van der Waals surface area contributed by atoms with Crippen LogP contribution in [0.2, 0.25) is 0 Å². The number of halogens is 1. The molecule has 2 amide bonds. The van der Waals surface area contributed by atoms with Gasteiger partial charge in [0.1, 0.15) is 0 Å². The maximum absolute atomic E-state index is 11.8. The third kappa shape index (κ3) is 2.18. The van der Waals surface area contributed by atoms with Crippen molar-refractivity contribution in [1.29, 1.82) is 0 Å². The van der Waals surface area contributed by atoms with Gasteiger partial charge in [-0.15, -0.1) is 0 Å². The van der Waals surface area contributed by atoms with Crippen molar-refractivity contribution in [2.24, 2.45) is 0 Å². The van der Waals surface area contributed by atoms with Crippen molar-refractivity contribution in [3.63, 3.8) is 0 Å². The Kier molecular flexibility index (Phi) is 3.44. The summed E-state index contributed by atoms with van der Waals surface area (Å²) in [5.41, 5.74) is 2.35. The molecule has 0 unspecified atom stereocenters. The molecule has 3 rings (SSSR count). The van der Waals surface area contributed by atoms with Gasteiger partial charge >= 0.3 is 0 Å². The van der Waals surface area contributed by atoms with Crippen molar-refractivity contribution in [2.75, 3.05) is 5.33 Å². The fraction of sp³-hybridized carbons (Fsp3) is 0.200. The van der Waals surface area contributed by atoms with Crippen molar-refractivity contribution < 1.29 is 9.59 Å². The van der Waals surface area contributed by atoms with E-state index in [9.17, 15) is 9.59 Å². The second-order valence-corrected chi connectivity index (χ2v) is 5.47. The summed E-state index contributed by atoms with van der Waals surface area (Å²) in [5.74, 6) is -0.666. The smallest absolute Gasteiger partial charge is 0.258 e. The molecule has 1 aliphatic rings. The topological polar surface area (TPSA) is 51.1 Å². The van der Waals surface area contributed by atoms with Crippen LogP contribution in [-0.2, 0) is 16.1 Å². The molecule has 0 atom stereocenters. The second kappa shape index (κ2) is 5.25. The molecule has 0 aliphatic carbocycles. The van der Waals surface area contributed by atoms with Gasteiger partial charge in [-0.25, -0.2) is 0 Å². The Morgan fingerprint density at radius 2 is 2.00 bits per heavy atom. The van der Waals surface area contributed by atoms with E-state index in [0.717, 1.165) is 34.8 Å². The van der Waals surface area contributed by atoms with Crippen LogP contribution in [0.3, 0.4) is 0 Å². The largest absolute Gasteiger partial charge is 0.347 e. The number of imide groups is 1. The van der Waals surface area contributed by atoms with E-state index in [2.05, 4.69) is 25.8 Å². The van der Waals surface area contributed by atoms with Crippen molar-refractivity contribution in [3.05, 3.63) is 42.1 Å². The van der Waals surface area contributed by atoms with E-state index < -0.39 is 0 Å². The molecule has 0 saturated heterocycles. The summed E-state index contributed by atoms with van der Waals surface area (Å²) in [5, 5.41) is 4.22. The summed E-state index contributed by atoms with van der Waals surface area (Å²) in [4.78, 5) is 23.2. The molecule has 20 heavy (non-hydrogen) atoms. The predicted octanol–water partition coefficient (Wildman–Crippen LogP) is 2.47. The number of aryl methyl sites for hydroxylation is 1. The number of para-hydroxylation sites is 1. The first-order valence-electron chi connectivity index (χ1n) is 6.42. The van der Waals surface area contributed by atoms with Gasteiger partial charge in [0.25, 0.3) is 11.8 Å². The maximum atomic E-state index is 11.8. The average molecular weight is 333 g/mol. The zero-order valence-corrected chi connectivity index (χ0v) is 12.3. The number of alkyl halides is 1. The second-order valence-electron chi connectivity index (χ2n) is 4.67. The Morgan fingerprint density at radius 1 is 1.20 bits per heavy atom. The quantitative estimate of drug-likeness (QED) is 0.690. The Morgan fingerprint density at radius 3 is 2.70 bits per heavy atom. The van der Waals surface area contributed by atoms with Gasteiger partial charge in [0.2, 0.25) is 0 Å². The molecule has 0 fully saturated rings. The Labute approximate surface area is 124 Å². The molecule has 2 aromatic rings. The molecule has 0 saturated carbocycles. The number of nitrogens with one attached hydrogen (secondary N) is 1. The zero-order chi connectivity index (χ0) is 14.1. The van der Waals surface area contributed by atoms with Crippen LogP contribution >= 0.6 is 15.9 Å². The Hall–Kier alpha value is -1.88. The number of hydrogen-bond donors (Lipinski definition) is 1. The number of amides is 2. The number of hydrogen-bond acceptors (Lipinski definition) is 2. The van der Waals surface area contributed by atoms with Crippen molar-refractivity contribution in [3.8, 4) is 0 Å². The lowest BCUT2D eigenvalue weighted by molar-refractivity contribution is -0.123. The van der Waals surface area contributed by atoms with Crippen LogP contribution in [0.5, 0.6) is 0 Å². The third-order valence-electron chi connectivity index (χ3n) is 3.37. The van der Waals surface area contributed by atoms with Gasteiger partial charge in [-0.05, 0) is 12.5 Å². The average Bonchev–Trinajstić information content (AvgIpc) is 2.97. The monoisotopic (exact) mass is 332 g/mol. The highest BCUT2D eigenvalue weighted by atomic mass is 79.9. The highest BCUT2D eigenvalue weighted by Crippen LogP contribution is 2.29. The van der Waals surface area contributed by atoms with Gasteiger partial charge in [-0.3, -0.25) is 14.9 Å². The minimum Gasteiger partial charge on any atom is -0.347 e. The molecule has 5 heteroatoms. The van der Waals surface area contributed by atoms with E-state index in [1.165, 1.54) is 6.08 Å². The molecular formula is C15H13BrN2O2. The first-order valence-corrected chi connectivity index (χ1v) is 7.54. The number of aromatic nitrogens is 1. The molecule has 0 bridgehead atoms. The number of nitrogens with zero attached hydrogens (tertiary/aromatic N) is 1. The lowest BCUT2D eigenvalue weighted by Gasteiger charge is -2.02. The Bertz CT molecular complexity index is 731. The fourth-order valence-corrected chi connectivity index (χ4v) is 2.74. The summed E-state index contributed by atoms with van der Waals surface area (Å²) in [6, 6.07) is 7.93. The molecular weight excluding hydrogens is 320 g/mol. The van der Waals surface area contributed by atoms with E-state index in [-0.39, 0.29) is 11.8 Å².